The van der Waals surface area contributed by atoms with Gasteiger partial charge in [-0.25, -0.2) is 4.79 Å². The minimum Gasteiger partial charge on any atom is -0.465 e. The van der Waals surface area contributed by atoms with Crippen molar-refractivity contribution < 1.29 is 19.4 Å². The van der Waals surface area contributed by atoms with Crippen molar-refractivity contribution in [3.63, 3.8) is 0 Å². The molecule has 0 spiro atoms. The van der Waals surface area contributed by atoms with Crippen molar-refractivity contribution in [1.82, 2.24) is 9.55 Å². The first-order valence-electron chi connectivity index (χ1n) is 5.35. The molecule has 98 valence electrons. The van der Waals surface area contributed by atoms with Crippen LogP contribution in [0.25, 0.3) is 0 Å². The third-order valence-corrected chi connectivity index (χ3v) is 2.69. The van der Waals surface area contributed by atoms with Gasteiger partial charge in [0.25, 0.3) is 6.47 Å². The van der Waals surface area contributed by atoms with Gasteiger partial charge in [0.05, 0.1) is 6.10 Å². The van der Waals surface area contributed by atoms with Crippen LogP contribution in [0.4, 0.5) is 5.82 Å². The molecular weight excluding hydrogens is 242 g/mol. The molecule has 2 heterocycles. The van der Waals surface area contributed by atoms with Crippen molar-refractivity contribution in [3.05, 3.63) is 22.7 Å². The molecule has 0 aliphatic carbocycles. The first-order chi connectivity index (χ1) is 8.61. The number of aliphatic hydroxyl groups excluding tert-OH is 1. The lowest BCUT2D eigenvalue weighted by Crippen LogP contribution is -2.28. The number of nitrogens with two attached hydrogens (primary N) is 1. The summed E-state index contributed by atoms with van der Waals surface area (Å²) in [6.07, 6.45) is -0.423. The molecule has 0 amide bonds. The van der Waals surface area contributed by atoms with Crippen molar-refractivity contribution >= 4 is 12.3 Å². The standard InChI is InChI=1S/C10H13N3O5/c11-8-1-2-13(10(16)12-8)9-3-6(15)7(18-9)4-17-5-14/h1-2,5-7,9,15H,3-4H2,(H2,11,12,16)/t6?,7-,9-/m1/s1. The van der Waals surface area contributed by atoms with Gasteiger partial charge in [-0.3, -0.25) is 9.36 Å². The van der Waals surface area contributed by atoms with Gasteiger partial charge in [0, 0.05) is 12.6 Å². The van der Waals surface area contributed by atoms with Gasteiger partial charge < -0.3 is 20.3 Å². The molecule has 0 saturated carbocycles. The van der Waals surface area contributed by atoms with Gasteiger partial charge in [0.1, 0.15) is 24.8 Å². The molecule has 0 bridgehead atoms. The van der Waals surface area contributed by atoms with Gasteiger partial charge in [-0.2, -0.15) is 4.98 Å². The summed E-state index contributed by atoms with van der Waals surface area (Å²) in [7, 11) is 0. The Bertz CT molecular complexity index is 489. The van der Waals surface area contributed by atoms with Gasteiger partial charge in [0.2, 0.25) is 0 Å². The van der Waals surface area contributed by atoms with Crippen molar-refractivity contribution in [2.24, 2.45) is 0 Å². The molecule has 8 heteroatoms. The van der Waals surface area contributed by atoms with Crippen LogP contribution in [0.5, 0.6) is 0 Å². The van der Waals surface area contributed by atoms with Crippen molar-refractivity contribution in [1.29, 1.82) is 0 Å². The summed E-state index contributed by atoms with van der Waals surface area (Å²) in [6, 6.07) is 1.46. The van der Waals surface area contributed by atoms with E-state index in [1.54, 1.807) is 0 Å². The molecule has 1 aliphatic rings. The number of aliphatic hydroxyl groups is 1. The molecule has 8 nitrogen and oxygen atoms in total. The fourth-order valence-corrected chi connectivity index (χ4v) is 1.82. The van der Waals surface area contributed by atoms with E-state index in [4.69, 9.17) is 10.5 Å². The number of aromatic nitrogens is 2. The number of nitrogen functional groups attached to an aromatic ring is 1. The van der Waals surface area contributed by atoms with Crippen molar-refractivity contribution in [2.45, 2.75) is 24.9 Å². The predicted octanol–water partition coefficient (Wildman–Crippen LogP) is -1.35. The Balaban J connectivity index is 2.11. The number of hydrogen-bond donors (Lipinski definition) is 2. The van der Waals surface area contributed by atoms with Gasteiger partial charge in [-0.05, 0) is 6.07 Å². The Morgan fingerprint density at radius 3 is 3.17 bits per heavy atom. The van der Waals surface area contributed by atoms with Gasteiger partial charge in [0.15, 0.2) is 0 Å². The Morgan fingerprint density at radius 2 is 2.50 bits per heavy atom. The SMILES string of the molecule is Nc1ccn([C@H]2CC(O)[C@@H](COC=O)O2)c(=O)n1. The quantitative estimate of drug-likeness (QED) is 0.638. The summed E-state index contributed by atoms with van der Waals surface area (Å²) in [5.41, 5.74) is 4.82. The molecule has 1 unspecified atom stereocenters. The normalized spacial score (nSPS) is 27.1. The van der Waals surface area contributed by atoms with E-state index >= 15 is 0 Å². The van der Waals surface area contributed by atoms with E-state index in [2.05, 4.69) is 9.72 Å². The van der Waals surface area contributed by atoms with E-state index in [-0.39, 0.29) is 25.3 Å². The molecule has 1 aromatic heterocycles. The van der Waals surface area contributed by atoms with E-state index in [0.29, 0.717) is 0 Å². The van der Waals surface area contributed by atoms with E-state index in [1.165, 1.54) is 16.8 Å². The van der Waals surface area contributed by atoms with Crippen LogP contribution >= 0.6 is 0 Å². The van der Waals surface area contributed by atoms with E-state index in [9.17, 15) is 14.7 Å². The maximum Gasteiger partial charge on any atom is 0.351 e. The number of ether oxygens (including phenoxy) is 2. The first-order valence-corrected chi connectivity index (χ1v) is 5.35. The van der Waals surface area contributed by atoms with Crippen LogP contribution in [0.3, 0.4) is 0 Å². The van der Waals surface area contributed by atoms with Crippen LogP contribution in [0, 0.1) is 0 Å². The van der Waals surface area contributed by atoms with Crippen molar-refractivity contribution in [2.75, 3.05) is 12.3 Å². The van der Waals surface area contributed by atoms with Crippen LogP contribution in [0.15, 0.2) is 17.1 Å². The lowest BCUT2D eigenvalue weighted by Gasteiger charge is -2.14. The molecule has 3 N–H and O–H groups in total. The lowest BCUT2D eigenvalue weighted by atomic mass is 10.2. The molecular formula is C10H13N3O5. The maximum atomic E-state index is 11.6. The third kappa shape index (κ3) is 2.49. The van der Waals surface area contributed by atoms with Crippen LogP contribution < -0.4 is 11.4 Å². The van der Waals surface area contributed by atoms with Gasteiger partial charge in [-0.1, -0.05) is 0 Å². The zero-order chi connectivity index (χ0) is 13.1. The first kappa shape index (κ1) is 12.5. The molecule has 3 atom stereocenters. The minimum atomic E-state index is -0.806. The molecule has 2 rings (SSSR count). The van der Waals surface area contributed by atoms with Crippen LogP contribution in [0.1, 0.15) is 12.6 Å². The predicted molar refractivity (Wildman–Crippen MR) is 59.5 cm³/mol. The largest absolute Gasteiger partial charge is 0.465 e. The highest BCUT2D eigenvalue weighted by atomic mass is 16.6. The zero-order valence-corrected chi connectivity index (χ0v) is 9.43. The highest BCUT2D eigenvalue weighted by Crippen LogP contribution is 2.27. The summed E-state index contributed by atoms with van der Waals surface area (Å²) < 4.78 is 11.2. The molecule has 1 saturated heterocycles. The summed E-state index contributed by atoms with van der Waals surface area (Å²) in [5.74, 6) is 0.121. The molecule has 0 aromatic carbocycles. The highest BCUT2D eigenvalue weighted by Gasteiger charge is 2.35. The highest BCUT2D eigenvalue weighted by molar-refractivity contribution is 5.36. The Hall–Kier alpha value is -1.93. The fourth-order valence-electron chi connectivity index (χ4n) is 1.82. The second kappa shape index (κ2) is 5.15. The number of hydrogen-bond acceptors (Lipinski definition) is 7. The number of carbonyl (C=O) groups excluding carboxylic acids is 1. The summed E-state index contributed by atoms with van der Waals surface area (Å²) >= 11 is 0. The summed E-state index contributed by atoms with van der Waals surface area (Å²) in [6.45, 7) is 0.221. The molecule has 1 aromatic rings. The zero-order valence-electron chi connectivity index (χ0n) is 9.43. The fraction of sp³-hybridized carbons (Fsp3) is 0.500. The second-order valence-corrected chi connectivity index (χ2v) is 3.90. The summed E-state index contributed by atoms with van der Waals surface area (Å²) in [4.78, 5) is 25.2. The third-order valence-electron chi connectivity index (χ3n) is 2.69. The Morgan fingerprint density at radius 1 is 1.72 bits per heavy atom. The van der Waals surface area contributed by atoms with E-state index in [1.807, 2.05) is 0 Å². The number of rotatable bonds is 4. The number of carbonyl (C=O) groups is 1. The Labute approximate surface area is 102 Å². The van der Waals surface area contributed by atoms with Gasteiger partial charge in [-0.15, -0.1) is 0 Å². The minimum absolute atomic E-state index is 0.0572. The number of nitrogens with zero attached hydrogens (tertiary/aromatic N) is 2. The number of anilines is 1. The molecule has 1 aliphatic heterocycles. The molecule has 0 radical (unpaired) electrons. The average molecular weight is 255 g/mol. The summed E-state index contributed by atoms with van der Waals surface area (Å²) in [5, 5.41) is 9.71. The molecule has 1 fully saturated rings. The van der Waals surface area contributed by atoms with Crippen LogP contribution in [-0.4, -0.2) is 39.9 Å². The average Bonchev–Trinajstić information content (AvgIpc) is 2.68. The Kier molecular flexibility index (Phi) is 3.58. The smallest absolute Gasteiger partial charge is 0.351 e. The lowest BCUT2D eigenvalue weighted by molar-refractivity contribution is -0.135. The van der Waals surface area contributed by atoms with Crippen LogP contribution in [-0.2, 0) is 14.3 Å². The monoisotopic (exact) mass is 255 g/mol. The topological polar surface area (TPSA) is 117 Å². The van der Waals surface area contributed by atoms with Crippen molar-refractivity contribution in [3.8, 4) is 0 Å². The van der Waals surface area contributed by atoms with Crippen LogP contribution in [0.2, 0.25) is 0 Å². The van der Waals surface area contributed by atoms with E-state index < -0.39 is 24.1 Å². The maximum absolute atomic E-state index is 11.6. The second-order valence-electron chi connectivity index (χ2n) is 3.90. The molecule has 18 heavy (non-hydrogen) atoms. The van der Waals surface area contributed by atoms with Gasteiger partial charge >= 0.3 is 5.69 Å². The van der Waals surface area contributed by atoms with E-state index in [0.717, 1.165) is 0 Å².